The van der Waals surface area contributed by atoms with Gasteiger partial charge in [0.05, 0.1) is 11.6 Å². The maximum Gasteiger partial charge on any atom is 0.329 e. The van der Waals surface area contributed by atoms with Crippen molar-refractivity contribution in [3.63, 3.8) is 0 Å². The van der Waals surface area contributed by atoms with E-state index in [1.165, 1.54) is 6.08 Å². The van der Waals surface area contributed by atoms with Crippen LogP contribution in [-0.2, 0) is 16.1 Å². The van der Waals surface area contributed by atoms with Crippen LogP contribution in [0.1, 0.15) is 11.1 Å². The predicted octanol–water partition coefficient (Wildman–Crippen LogP) is 2.95. The van der Waals surface area contributed by atoms with E-state index in [-0.39, 0.29) is 29.6 Å². The van der Waals surface area contributed by atoms with Gasteiger partial charge in [0.15, 0.2) is 6.61 Å². The Hall–Kier alpha value is -3.03. The highest BCUT2D eigenvalue weighted by Crippen LogP contribution is 2.27. The second-order valence-corrected chi connectivity index (χ2v) is 6.79. The van der Waals surface area contributed by atoms with Crippen molar-refractivity contribution < 1.29 is 19.1 Å². The van der Waals surface area contributed by atoms with Gasteiger partial charge in [0.2, 0.25) is 0 Å². The van der Waals surface area contributed by atoms with Crippen molar-refractivity contribution in [2.24, 2.45) is 5.73 Å². The molecule has 28 heavy (non-hydrogen) atoms. The summed E-state index contributed by atoms with van der Waals surface area (Å²) >= 11 is 12.0. The van der Waals surface area contributed by atoms with Gasteiger partial charge in [0.25, 0.3) is 11.8 Å². The van der Waals surface area contributed by atoms with Crippen LogP contribution in [0.25, 0.3) is 6.08 Å². The van der Waals surface area contributed by atoms with Crippen molar-refractivity contribution in [1.29, 1.82) is 0 Å². The number of carbonyl (C=O) groups excluding carboxylic acids is 3. The number of urea groups is 1. The van der Waals surface area contributed by atoms with Gasteiger partial charge in [-0.2, -0.15) is 0 Å². The molecule has 2 aromatic carbocycles. The van der Waals surface area contributed by atoms with Gasteiger partial charge in [-0.3, -0.25) is 14.5 Å². The summed E-state index contributed by atoms with van der Waals surface area (Å²) in [6.07, 6.45) is 1.51. The van der Waals surface area contributed by atoms with E-state index >= 15 is 0 Å². The van der Waals surface area contributed by atoms with E-state index in [9.17, 15) is 14.4 Å². The number of nitrogens with zero attached hydrogens (tertiary/aromatic N) is 1. The molecule has 0 aliphatic carbocycles. The minimum atomic E-state index is -0.623. The Morgan fingerprint density at radius 1 is 1.14 bits per heavy atom. The lowest BCUT2D eigenvalue weighted by Crippen LogP contribution is -2.30. The minimum Gasteiger partial charge on any atom is -0.482 e. The van der Waals surface area contributed by atoms with Gasteiger partial charge in [-0.1, -0.05) is 41.4 Å². The van der Waals surface area contributed by atoms with Crippen LogP contribution in [0, 0.1) is 0 Å². The Kier molecular flexibility index (Phi) is 5.87. The first-order valence-electron chi connectivity index (χ1n) is 8.13. The fourth-order valence-electron chi connectivity index (χ4n) is 2.53. The molecule has 0 atom stereocenters. The summed E-state index contributed by atoms with van der Waals surface area (Å²) in [4.78, 5) is 36.6. The van der Waals surface area contributed by atoms with Gasteiger partial charge in [0.1, 0.15) is 11.4 Å². The molecule has 1 fully saturated rings. The van der Waals surface area contributed by atoms with Crippen molar-refractivity contribution in [3.8, 4) is 5.75 Å². The number of amides is 4. The molecule has 9 heteroatoms. The van der Waals surface area contributed by atoms with Crippen molar-refractivity contribution in [1.82, 2.24) is 10.2 Å². The van der Waals surface area contributed by atoms with Crippen LogP contribution < -0.4 is 15.8 Å². The van der Waals surface area contributed by atoms with E-state index in [1.54, 1.807) is 42.5 Å². The molecule has 0 bridgehead atoms. The van der Waals surface area contributed by atoms with E-state index in [0.29, 0.717) is 10.6 Å². The summed E-state index contributed by atoms with van der Waals surface area (Å²) in [6.45, 7) is -0.172. The SMILES string of the molecule is NC(=O)COc1ccc(C=C2NC(=O)N(Cc3ccc(Cl)cc3)C2=O)cc1Cl. The fourth-order valence-corrected chi connectivity index (χ4v) is 2.90. The molecule has 144 valence electrons. The molecule has 1 saturated heterocycles. The number of nitrogens with one attached hydrogen (secondary N) is 1. The number of nitrogens with two attached hydrogens (primary N) is 1. The van der Waals surface area contributed by atoms with E-state index in [4.69, 9.17) is 33.7 Å². The topological polar surface area (TPSA) is 102 Å². The Balaban J connectivity index is 1.75. The highest BCUT2D eigenvalue weighted by molar-refractivity contribution is 6.32. The second-order valence-electron chi connectivity index (χ2n) is 5.95. The van der Waals surface area contributed by atoms with Crippen LogP contribution >= 0.6 is 23.2 Å². The lowest BCUT2D eigenvalue weighted by molar-refractivity contribution is -0.123. The first-order chi connectivity index (χ1) is 13.3. The quantitative estimate of drug-likeness (QED) is 0.554. The average molecular weight is 420 g/mol. The molecule has 0 unspecified atom stereocenters. The summed E-state index contributed by atoms with van der Waals surface area (Å²) in [5, 5.41) is 3.36. The zero-order valence-electron chi connectivity index (χ0n) is 14.4. The number of ether oxygens (including phenoxy) is 1. The number of hydrogen-bond donors (Lipinski definition) is 2. The van der Waals surface area contributed by atoms with Crippen LogP contribution in [0.3, 0.4) is 0 Å². The van der Waals surface area contributed by atoms with Crippen molar-refractivity contribution in [2.75, 3.05) is 6.61 Å². The molecule has 1 aliphatic rings. The van der Waals surface area contributed by atoms with Crippen molar-refractivity contribution in [3.05, 3.63) is 69.3 Å². The number of imide groups is 1. The molecule has 0 saturated carbocycles. The molecule has 7 nitrogen and oxygen atoms in total. The highest BCUT2D eigenvalue weighted by Gasteiger charge is 2.33. The van der Waals surface area contributed by atoms with Crippen LogP contribution in [0.2, 0.25) is 10.0 Å². The van der Waals surface area contributed by atoms with Gasteiger partial charge in [-0.25, -0.2) is 4.79 Å². The van der Waals surface area contributed by atoms with E-state index < -0.39 is 17.8 Å². The van der Waals surface area contributed by atoms with Gasteiger partial charge in [0, 0.05) is 5.02 Å². The Morgan fingerprint density at radius 3 is 2.50 bits per heavy atom. The molecule has 3 rings (SSSR count). The molecular weight excluding hydrogens is 405 g/mol. The standard InChI is InChI=1S/C19H15Cl2N3O4/c20-13-4-1-11(2-5-13)9-24-18(26)15(23-19(24)27)8-12-3-6-16(14(21)7-12)28-10-17(22)25/h1-8H,9-10H2,(H2,22,25)(H,23,27). The third kappa shape index (κ3) is 4.62. The number of rotatable bonds is 6. The van der Waals surface area contributed by atoms with Gasteiger partial charge < -0.3 is 15.8 Å². The fraction of sp³-hybridized carbons (Fsp3) is 0.105. The highest BCUT2D eigenvalue weighted by atomic mass is 35.5. The first kappa shape index (κ1) is 19.7. The Morgan fingerprint density at radius 2 is 1.86 bits per heavy atom. The van der Waals surface area contributed by atoms with E-state index in [1.807, 2.05) is 0 Å². The van der Waals surface area contributed by atoms with E-state index in [0.717, 1.165) is 10.5 Å². The molecule has 0 aromatic heterocycles. The van der Waals surface area contributed by atoms with Crippen LogP contribution in [0.5, 0.6) is 5.75 Å². The molecule has 4 amide bonds. The first-order valence-corrected chi connectivity index (χ1v) is 8.89. The summed E-state index contributed by atoms with van der Waals surface area (Å²) in [5.74, 6) is -0.791. The molecule has 2 aromatic rings. The summed E-state index contributed by atoms with van der Waals surface area (Å²) in [6, 6.07) is 11.1. The normalized spacial score (nSPS) is 15.1. The van der Waals surface area contributed by atoms with Crippen LogP contribution in [-0.4, -0.2) is 29.4 Å². The number of primary amides is 1. The maximum absolute atomic E-state index is 12.6. The number of carbonyl (C=O) groups is 3. The zero-order chi connectivity index (χ0) is 20.3. The van der Waals surface area contributed by atoms with Gasteiger partial charge in [-0.15, -0.1) is 0 Å². The lowest BCUT2D eigenvalue weighted by Gasteiger charge is -2.11. The average Bonchev–Trinajstić information content (AvgIpc) is 2.90. The molecule has 3 N–H and O–H groups in total. The molecule has 0 spiro atoms. The number of halogens is 2. The summed E-state index contributed by atoms with van der Waals surface area (Å²) in [7, 11) is 0. The van der Waals surface area contributed by atoms with Gasteiger partial charge in [-0.05, 0) is 41.5 Å². The van der Waals surface area contributed by atoms with Crippen molar-refractivity contribution >= 4 is 47.1 Å². The van der Waals surface area contributed by atoms with Crippen LogP contribution in [0.15, 0.2) is 48.2 Å². The maximum atomic E-state index is 12.6. The Bertz CT molecular complexity index is 974. The third-order valence-corrected chi connectivity index (χ3v) is 4.40. The van der Waals surface area contributed by atoms with Crippen molar-refractivity contribution in [2.45, 2.75) is 6.54 Å². The molecule has 1 heterocycles. The zero-order valence-corrected chi connectivity index (χ0v) is 16.0. The number of hydrogen-bond acceptors (Lipinski definition) is 4. The minimum absolute atomic E-state index is 0.125. The molecular formula is C19H15Cl2N3O4. The monoisotopic (exact) mass is 419 g/mol. The predicted molar refractivity (Wildman–Crippen MR) is 105 cm³/mol. The Labute approximate surface area is 170 Å². The number of benzene rings is 2. The third-order valence-electron chi connectivity index (χ3n) is 3.85. The summed E-state index contributed by atoms with van der Waals surface area (Å²) < 4.78 is 5.17. The lowest BCUT2D eigenvalue weighted by atomic mass is 10.1. The molecule has 0 radical (unpaired) electrons. The smallest absolute Gasteiger partial charge is 0.329 e. The van der Waals surface area contributed by atoms with Crippen LogP contribution in [0.4, 0.5) is 4.79 Å². The molecule has 1 aliphatic heterocycles. The van der Waals surface area contributed by atoms with Gasteiger partial charge >= 0.3 is 6.03 Å². The largest absolute Gasteiger partial charge is 0.482 e. The van der Waals surface area contributed by atoms with E-state index in [2.05, 4.69) is 5.32 Å². The second kappa shape index (κ2) is 8.33. The summed E-state index contributed by atoms with van der Waals surface area (Å²) in [5.41, 5.74) is 6.50.